The molecule has 0 aliphatic heterocycles. The van der Waals surface area contributed by atoms with Gasteiger partial charge in [-0.15, -0.1) is 5.11 Å². The van der Waals surface area contributed by atoms with Gasteiger partial charge in [0.1, 0.15) is 11.7 Å². The number of rotatable bonds is 5. The first-order chi connectivity index (χ1) is 10.1. The van der Waals surface area contributed by atoms with Crippen LogP contribution in [0, 0.1) is 10.8 Å². The quantitative estimate of drug-likeness (QED) is 0.249. The van der Waals surface area contributed by atoms with Gasteiger partial charge in [-0.3, -0.25) is 16.2 Å². The number of amidine groups is 2. The van der Waals surface area contributed by atoms with Crippen molar-refractivity contribution in [3.05, 3.63) is 59.7 Å². The molecule has 0 aliphatic rings. The summed E-state index contributed by atoms with van der Waals surface area (Å²) in [6, 6.07) is 14.0. The summed E-state index contributed by atoms with van der Waals surface area (Å²) in [6.45, 7) is 0. The van der Waals surface area contributed by atoms with E-state index in [4.69, 9.17) is 22.3 Å². The third kappa shape index (κ3) is 3.41. The van der Waals surface area contributed by atoms with E-state index in [0.29, 0.717) is 22.5 Å². The average molecular weight is 281 g/mol. The van der Waals surface area contributed by atoms with Gasteiger partial charge >= 0.3 is 0 Å². The minimum absolute atomic E-state index is 0.0579. The average Bonchev–Trinajstić information content (AvgIpc) is 2.48. The Morgan fingerprint density at radius 2 is 1.43 bits per heavy atom. The van der Waals surface area contributed by atoms with E-state index in [2.05, 4.69) is 15.8 Å². The lowest BCUT2D eigenvalue weighted by atomic mass is 10.1. The summed E-state index contributed by atoms with van der Waals surface area (Å²) in [7, 11) is 0. The molecule has 0 saturated heterocycles. The summed E-state index contributed by atoms with van der Waals surface area (Å²) in [4.78, 5) is 0. The Hall–Kier alpha value is -3.22. The number of nitrogens with one attached hydrogen (secondary N) is 3. The number of nitrogens with zero attached hydrogens (tertiary/aromatic N) is 2. The van der Waals surface area contributed by atoms with E-state index < -0.39 is 0 Å². The van der Waals surface area contributed by atoms with Crippen LogP contribution in [-0.2, 0) is 0 Å². The summed E-state index contributed by atoms with van der Waals surface area (Å²) >= 11 is 0. The molecule has 0 radical (unpaired) electrons. The van der Waals surface area contributed by atoms with Crippen molar-refractivity contribution in [2.75, 3.05) is 5.43 Å². The maximum absolute atomic E-state index is 7.49. The topological polar surface area (TPSA) is 136 Å². The Morgan fingerprint density at radius 3 is 2.10 bits per heavy atom. The molecular weight excluding hydrogens is 266 g/mol. The Morgan fingerprint density at radius 1 is 0.857 bits per heavy atom. The van der Waals surface area contributed by atoms with Crippen LogP contribution in [0.4, 0.5) is 11.4 Å². The highest BCUT2D eigenvalue weighted by atomic mass is 15.4. The van der Waals surface area contributed by atoms with Crippen LogP contribution in [0.2, 0.25) is 0 Å². The first kappa shape index (κ1) is 14.2. The molecular formula is C14H15N7. The molecule has 7 nitrogen and oxygen atoms in total. The summed E-state index contributed by atoms with van der Waals surface area (Å²) < 4.78 is 0. The van der Waals surface area contributed by atoms with Crippen molar-refractivity contribution in [1.29, 1.82) is 10.8 Å². The fraction of sp³-hybridized carbons (Fsp3) is 0. The van der Waals surface area contributed by atoms with Crippen molar-refractivity contribution in [3.8, 4) is 0 Å². The highest BCUT2D eigenvalue weighted by molar-refractivity contribution is 6.00. The highest BCUT2D eigenvalue weighted by Gasteiger charge is 2.04. The van der Waals surface area contributed by atoms with Crippen LogP contribution in [0.15, 0.2) is 58.9 Å². The predicted molar refractivity (Wildman–Crippen MR) is 83.1 cm³/mol. The van der Waals surface area contributed by atoms with E-state index in [1.54, 1.807) is 48.5 Å². The molecule has 0 fully saturated rings. The molecule has 0 atom stereocenters. The zero-order valence-corrected chi connectivity index (χ0v) is 11.2. The van der Waals surface area contributed by atoms with E-state index in [9.17, 15) is 0 Å². The van der Waals surface area contributed by atoms with Crippen molar-refractivity contribution in [2.45, 2.75) is 0 Å². The van der Waals surface area contributed by atoms with Crippen molar-refractivity contribution in [1.82, 2.24) is 0 Å². The van der Waals surface area contributed by atoms with E-state index in [1.165, 1.54) is 0 Å². The van der Waals surface area contributed by atoms with Crippen LogP contribution in [0.1, 0.15) is 11.1 Å². The molecule has 2 rings (SSSR count). The second-order valence-corrected chi connectivity index (χ2v) is 4.20. The highest BCUT2D eigenvalue weighted by Crippen LogP contribution is 2.19. The first-order valence-corrected chi connectivity index (χ1v) is 6.13. The molecule has 7 heteroatoms. The van der Waals surface area contributed by atoms with Gasteiger partial charge in [-0.25, -0.2) is 0 Å². The Labute approximate surface area is 121 Å². The molecule has 0 aliphatic carbocycles. The summed E-state index contributed by atoms with van der Waals surface area (Å²) in [6.07, 6.45) is 0. The minimum Gasteiger partial charge on any atom is -0.384 e. The van der Waals surface area contributed by atoms with Gasteiger partial charge in [-0.1, -0.05) is 29.5 Å². The second kappa shape index (κ2) is 6.29. The van der Waals surface area contributed by atoms with Crippen LogP contribution in [0.3, 0.4) is 0 Å². The van der Waals surface area contributed by atoms with E-state index in [0.717, 1.165) is 0 Å². The molecule has 0 saturated carbocycles. The maximum atomic E-state index is 7.49. The number of para-hydroxylation sites is 1. The molecule has 2 aromatic carbocycles. The van der Waals surface area contributed by atoms with Gasteiger partial charge in [-0.05, 0) is 24.3 Å². The van der Waals surface area contributed by atoms with Gasteiger partial charge in [0.05, 0.1) is 11.4 Å². The van der Waals surface area contributed by atoms with Gasteiger partial charge in [0.2, 0.25) is 0 Å². The van der Waals surface area contributed by atoms with Crippen molar-refractivity contribution in [2.24, 2.45) is 21.8 Å². The Kier molecular flexibility index (Phi) is 4.25. The maximum Gasteiger partial charge on any atom is 0.125 e. The minimum atomic E-state index is -0.0753. The molecule has 0 aromatic heterocycles. The number of benzene rings is 2. The van der Waals surface area contributed by atoms with Gasteiger partial charge in [0.15, 0.2) is 0 Å². The summed E-state index contributed by atoms with van der Waals surface area (Å²) in [5, 5.41) is 22.8. The van der Waals surface area contributed by atoms with E-state index >= 15 is 0 Å². The van der Waals surface area contributed by atoms with Gasteiger partial charge < -0.3 is 11.5 Å². The SMILES string of the molecule is N=C(N)c1ccccc1N=NNc1ccccc1C(=N)N. The molecule has 2 aromatic rings. The molecule has 106 valence electrons. The van der Waals surface area contributed by atoms with Gasteiger partial charge in [0.25, 0.3) is 0 Å². The molecule has 0 spiro atoms. The Bertz CT molecular complexity index is 706. The number of nitrogens with two attached hydrogens (primary N) is 2. The van der Waals surface area contributed by atoms with Gasteiger partial charge in [-0.2, -0.15) is 0 Å². The normalized spacial score (nSPS) is 10.5. The standard InChI is InChI=1S/C14H15N7/c15-13(16)9-5-1-3-7-11(9)19-21-20-12-8-4-2-6-10(12)14(17)18/h1-8H,(H3,15,16)(H3,17,18)(H,19,20). The number of hydrogen-bond acceptors (Lipinski definition) is 4. The van der Waals surface area contributed by atoms with Crippen molar-refractivity contribution >= 4 is 23.0 Å². The van der Waals surface area contributed by atoms with Gasteiger partial charge in [0, 0.05) is 11.1 Å². The van der Waals surface area contributed by atoms with Crippen molar-refractivity contribution in [3.63, 3.8) is 0 Å². The summed E-state index contributed by atoms with van der Waals surface area (Å²) in [5.74, 6) is -0.133. The molecule has 0 heterocycles. The van der Waals surface area contributed by atoms with E-state index in [1.807, 2.05) is 0 Å². The second-order valence-electron chi connectivity index (χ2n) is 4.20. The van der Waals surface area contributed by atoms with E-state index in [-0.39, 0.29) is 11.7 Å². The number of hydrogen-bond donors (Lipinski definition) is 5. The fourth-order valence-corrected chi connectivity index (χ4v) is 1.74. The lowest BCUT2D eigenvalue weighted by molar-refractivity contribution is 1.12. The number of anilines is 1. The number of nitrogen functional groups attached to an aromatic ring is 2. The monoisotopic (exact) mass is 281 g/mol. The lowest BCUT2D eigenvalue weighted by Crippen LogP contribution is -2.13. The van der Waals surface area contributed by atoms with Crippen LogP contribution in [0.25, 0.3) is 0 Å². The zero-order valence-electron chi connectivity index (χ0n) is 11.2. The third-order valence-corrected chi connectivity index (χ3v) is 2.74. The third-order valence-electron chi connectivity index (χ3n) is 2.74. The van der Waals surface area contributed by atoms with Crippen LogP contribution in [-0.4, -0.2) is 11.7 Å². The van der Waals surface area contributed by atoms with Crippen LogP contribution >= 0.6 is 0 Å². The largest absolute Gasteiger partial charge is 0.384 e. The first-order valence-electron chi connectivity index (χ1n) is 6.13. The molecule has 0 amide bonds. The molecule has 0 bridgehead atoms. The van der Waals surface area contributed by atoms with Crippen LogP contribution in [0.5, 0.6) is 0 Å². The molecule has 7 N–H and O–H groups in total. The lowest BCUT2D eigenvalue weighted by Gasteiger charge is -2.06. The van der Waals surface area contributed by atoms with Crippen molar-refractivity contribution < 1.29 is 0 Å². The zero-order chi connectivity index (χ0) is 15.2. The molecule has 21 heavy (non-hydrogen) atoms. The summed E-state index contributed by atoms with van der Waals surface area (Å²) in [5.41, 5.74) is 15.8. The van der Waals surface area contributed by atoms with Crippen LogP contribution < -0.4 is 16.9 Å². The smallest absolute Gasteiger partial charge is 0.125 e. The predicted octanol–water partition coefficient (Wildman–Crippen LogP) is 2.37. The Balaban J connectivity index is 2.21. The molecule has 0 unspecified atom stereocenters. The fourth-order valence-electron chi connectivity index (χ4n) is 1.74.